The first-order valence-corrected chi connectivity index (χ1v) is 6.26. The van der Waals surface area contributed by atoms with Crippen LogP contribution in [0.3, 0.4) is 0 Å². The van der Waals surface area contributed by atoms with Crippen LogP contribution in [0, 0.1) is 0 Å². The van der Waals surface area contributed by atoms with Crippen LogP contribution in [0.25, 0.3) is 0 Å². The Morgan fingerprint density at radius 2 is 2.12 bits per heavy atom. The van der Waals surface area contributed by atoms with Crippen LogP contribution in [0.2, 0.25) is 0 Å². The third-order valence-corrected chi connectivity index (χ3v) is 2.73. The Bertz CT molecular complexity index is 179. The molecule has 0 bridgehead atoms. The van der Waals surface area contributed by atoms with Crippen molar-refractivity contribution in [2.45, 2.75) is 44.8 Å². The zero-order valence-corrected chi connectivity index (χ0v) is 10.5. The van der Waals surface area contributed by atoms with E-state index in [-0.39, 0.29) is 6.10 Å². The monoisotopic (exact) mass is 231 g/mol. The standard InChI is InChI=1S/C12H25NO3/c1-3-6-13-9-12(2,14)10-16-11-4-7-15-8-5-11/h11,13-14H,3-10H2,1-2H3. The van der Waals surface area contributed by atoms with Crippen LogP contribution in [-0.4, -0.2) is 49.7 Å². The molecule has 1 rings (SSSR count). The molecule has 1 atom stereocenters. The van der Waals surface area contributed by atoms with Gasteiger partial charge < -0.3 is 19.9 Å². The molecule has 16 heavy (non-hydrogen) atoms. The summed E-state index contributed by atoms with van der Waals surface area (Å²) in [6.07, 6.45) is 3.22. The van der Waals surface area contributed by atoms with Crippen LogP contribution in [-0.2, 0) is 9.47 Å². The molecule has 0 aromatic rings. The van der Waals surface area contributed by atoms with E-state index in [1.807, 2.05) is 6.92 Å². The number of rotatable bonds is 7. The number of aliphatic hydroxyl groups is 1. The average Bonchev–Trinajstić information content (AvgIpc) is 2.28. The van der Waals surface area contributed by atoms with Gasteiger partial charge in [0.2, 0.25) is 0 Å². The number of ether oxygens (including phenoxy) is 2. The molecule has 96 valence electrons. The van der Waals surface area contributed by atoms with Crippen LogP contribution in [0.15, 0.2) is 0 Å². The van der Waals surface area contributed by atoms with E-state index in [1.54, 1.807) is 0 Å². The maximum atomic E-state index is 10.1. The van der Waals surface area contributed by atoms with Gasteiger partial charge in [0.1, 0.15) is 0 Å². The van der Waals surface area contributed by atoms with Gasteiger partial charge in [0, 0.05) is 19.8 Å². The quantitative estimate of drug-likeness (QED) is 0.640. The van der Waals surface area contributed by atoms with Gasteiger partial charge >= 0.3 is 0 Å². The molecular weight excluding hydrogens is 206 g/mol. The normalized spacial score (nSPS) is 21.9. The minimum atomic E-state index is -0.770. The predicted octanol–water partition coefficient (Wildman–Crippen LogP) is 0.933. The highest BCUT2D eigenvalue weighted by molar-refractivity contribution is 4.76. The Kier molecular flexibility index (Phi) is 6.28. The van der Waals surface area contributed by atoms with Gasteiger partial charge in [0.05, 0.1) is 18.3 Å². The van der Waals surface area contributed by atoms with E-state index < -0.39 is 5.60 Å². The van der Waals surface area contributed by atoms with Crippen molar-refractivity contribution in [1.29, 1.82) is 0 Å². The second-order valence-electron chi connectivity index (χ2n) is 4.80. The average molecular weight is 231 g/mol. The second kappa shape index (κ2) is 7.22. The molecule has 1 aliphatic heterocycles. The fourth-order valence-corrected chi connectivity index (χ4v) is 1.73. The first-order chi connectivity index (χ1) is 7.64. The summed E-state index contributed by atoms with van der Waals surface area (Å²) in [6, 6.07) is 0. The molecular formula is C12H25NO3. The molecule has 1 fully saturated rings. The van der Waals surface area contributed by atoms with Gasteiger partial charge in [-0.15, -0.1) is 0 Å². The molecule has 4 heteroatoms. The second-order valence-corrected chi connectivity index (χ2v) is 4.80. The van der Waals surface area contributed by atoms with Crippen LogP contribution in [0.1, 0.15) is 33.1 Å². The van der Waals surface area contributed by atoms with Gasteiger partial charge in [0.15, 0.2) is 0 Å². The number of hydrogen-bond donors (Lipinski definition) is 2. The smallest absolute Gasteiger partial charge is 0.0975 e. The molecule has 0 aromatic heterocycles. The largest absolute Gasteiger partial charge is 0.386 e. The van der Waals surface area contributed by atoms with Crippen molar-refractivity contribution >= 4 is 0 Å². The molecule has 0 saturated carbocycles. The van der Waals surface area contributed by atoms with Gasteiger partial charge in [-0.3, -0.25) is 0 Å². The third kappa shape index (κ3) is 5.80. The van der Waals surface area contributed by atoms with Crippen LogP contribution in [0.5, 0.6) is 0 Å². The predicted molar refractivity (Wildman–Crippen MR) is 63.6 cm³/mol. The molecule has 1 heterocycles. The van der Waals surface area contributed by atoms with Gasteiger partial charge in [-0.2, -0.15) is 0 Å². The van der Waals surface area contributed by atoms with Gasteiger partial charge in [-0.25, -0.2) is 0 Å². The first-order valence-electron chi connectivity index (χ1n) is 6.26. The fraction of sp³-hybridized carbons (Fsp3) is 1.00. The van der Waals surface area contributed by atoms with E-state index in [4.69, 9.17) is 9.47 Å². The summed E-state index contributed by atoms with van der Waals surface area (Å²) in [5.41, 5.74) is -0.770. The highest BCUT2D eigenvalue weighted by Crippen LogP contribution is 2.13. The van der Waals surface area contributed by atoms with Crippen molar-refractivity contribution in [3.8, 4) is 0 Å². The van der Waals surface area contributed by atoms with E-state index >= 15 is 0 Å². The third-order valence-electron chi connectivity index (χ3n) is 2.73. The lowest BCUT2D eigenvalue weighted by atomic mass is 10.1. The summed E-state index contributed by atoms with van der Waals surface area (Å²) >= 11 is 0. The zero-order chi connectivity index (χ0) is 11.9. The lowest BCUT2D eigenvalue weighted by Gasteiger charge is -2.28. The SMILES string of the molecule is CCCNCC(C)(O)COC1CCOCC1. The van der Waals surface area contributed by atoms with E-state index in [0.29, 0.717) is 13.2 Å². The molecule has 0 aromatic carbocycles. The summed E-state index contributed by atoms with van der Waals surface area (Å²) in [4.78, 5) is 0. The van der Waals surface area contributed by atoms with Gasteiger partial charge in [-0.1, -0.05) is 6.92 Å². The Balaban J connectivity index is 2.13. The molecule has 1 aliphatic rings. The van der Waals surface area contributed by atoms with E-state index in [2.05, 4.69) is 12.2 Å². The molecule has 1 saturated heterocycles. The summed E-state index contributed by atoms with van der Waals surface area (Å²) in [5.74, 6) is 0. The summed E-state index contributed by atoms with van der Waals surface area (Å²) < 4.78 is 11.0. The minimum absolute atomic E-state index is 0.256. The van der Waals surface area contributed by atoms with E-state index in [0.717, 1.165) is 39.0 Å². The topological polar surface area (TPSA) is 50.7 Å². The Morgan fingerprint density at radius 3 is 2.75 bits per heavy atom. The van der Waals surface area contributed by atoms with Gasteiger partial charge in [0.25, 0.3) is 0 Å². The van der Waals surface area contributed by atoms with Crippen molar-refractivity contribution in [2.24, 2.45) is 0 Å². The summed E-state index contributed by atoms with van der Waals surface area (Å²) in [7, 11) is 0. The molecule has 0 radical (unpaired) electrons. The molecule has 1 unspecified atom stereocenters. The van der Waals surface area contributed by atoms with Crippen molar-refractivity contribution in [3.63, 3.8) is 0 Å². The van der Waals surface area contributed by atoms with Crippen molar-refractivity contribution in [3.05, 3.63) is 0 Å². The maximum Gasteiger partial charge on any atom is 0.0975 e. The first kappa shape index (κ1) is 13.9. The van der Waals surface area contributed by atoms with Crippen molar-refractivity contribution in [1.82, 2.24) is 5.32 Å². The molecule has 0 spiro atoms. The van der Waals surface area contributed by atoms with Crippen LogP contribution < -0.4 is 5.32 Å². The van der Waals surface area contributed by atoms with Crippen molar-refractivity contribution < 1.29 is 14.6 Å². The van der Waals surface area contributed by atoms with Gasteiger partial charge in [-0.05, 0) is 32.7 Å². The van der Waals surface area contributed by atoms with Crippen molar-refractivity contribution in [2.75, 3.05) is 32.9 Å². The molecule has 4 nitrogen and oxygen atoms in total. The fourth-order valence-electron chi connectivity index (χ4n) is 1.73. The molecule has 0 aliphatic carbocycles. The lowest BCUT2D eigenvalue weighted by Crippen LogP contribution is -2.43. The van der Waals surface area contributed by atoms with Crippen LogP contribution in [0.4, 0.5) is 0 Å². The Labute approximate surface area is 98.3 Å². The molecule has 2 N–H and O–H groups in total. The summed E-state index contributed by atoms with van der Waals surface area (Å²) in [6.45, 7) is 7.41. The lowest BCUT2D eigenvalue weighted by molar-refractivity contribution is -0.0902. The summed E-state index contributed by atoms with van der Waals surface area (Å²) in [5, 5.41) is 13.3. The van der Waals surface area contributed by atoms with E-state index in [9.17, 15) is 5.11 Å². The minimum Gasteiger partial charge on any atom is -0.386 e. The van der Waals surface area contributed by atoms with Crippen LogP contribution >= 0.6 is 0 Å². The number of hydrogen-bond acceptors (Lipinski definition) is 4. The maximum absolute atomic E-state index is 10.1. The highest BCUT2D eigenvalue weighted by atomic mass is 16.5. The Hall–Kier alpha value is -0.160. The Morgan fingerprint density at radius 1 is 1.44 bits per heavy atom. The molecule has 0 amide bonds. The zero-order valence-electron chi connectivity index (χ0n) is 10.5. The highest BCUT2D eigenvalue weighted by Gasteiger charge is 2.23. The number of nitrogens with one attached hydrogen (secondary N) is 1. The van der Waals surface area contributed by atoms with E-state index in [1.165, 1.54) is 0 Å².